The lowest BCUT2D eigenvalue weighted by Gasteiger charge is -2.41. The quantitative estimate of drug-likeness (QED) is 0.143. The van der Waals surface area contributed by atoms with Crippen molar-refractivity contribution in [3.05, 3.63) is 0 Å². The van der Waals surface area contributed by atoms with E-state index in [-0.39, 0.29) is 10.5 Å². The van der Waals surface area contributed by atoms with Crippen molar-refractivity contribution in [1.29, 1.82) is 0 Å². The van der Waals surface area contributed by atoms with Gasteiger partial charge in [-0.05, 0) is 24.7 Å². The molecular formula is C27H54OS. The van der Waals surface area contributed by atoms with E-state index in [1.165, 1.54) is 103 Å². The van der Waals surface area contributed by atoms with Crippen molar-refractivity contribution in [2.75, 3.05) is 0 Å². The Morgan fingerprint density at radius 2 is 0.931 bits per heavy atom. The minimum absolute atomic E-state index is 0.141. The van der Waals surface area contributed by atoms with E-state index in [4.69, 9.17) is 0 Å². The van der Waals surface area contributed by atoms with Crippen LogP contribution in [0.1, 0.15) is 150 Å². The first-order valence-electron chi connectivity index (χ1n) is 13.2. The minimum atomic E-state index is -0.253. The molecule has 0 N–H and O–H groups in total. The molecule has 2 unspecified atom stereocenters. The Morgan fingerprint density at radius 1 is 0.621 bits per heavy atom. The number of thiol groups is 1. The molecule has 0 radical (unpaired) electrons. The van der Waals surface area contributed by atoms with Gasteiger partial charge in [-0.1, -0.05) is 137 Å². The lowest BCUT2D eigenvalue weighted by atomic mass is 9.63. The second-order valence-electron chi connectivity index (χ2n) is 9.62. The van der Waals surface area contributed by atoms with Gasteiger partial charge >= 0.3 is 0 Å². The summed E-state index contributed by atoms with van der Waals surface area (Å²) in [4.78, 5) is 12.7. The van der Waals surface area contributed by atoms with Crippen LogP contribution < -0.4 is 0 Å². The summed E-state index contributed by atoms with van der Waals surface area (Å²) in [6, 6.07) is 0. The summed E-state index contributed by atoms with van der Waals surface area (Å²) in [5.74, 6) is 0.968. The Bertz CT molecular complexity index is 353. The van der Waals surface area contributed by atoms with Gasteiger partial charge in [-0.3, -0.25) is 4.79 Å². The summed E-state index contributed by atoms with van der Waals surface area (Å²) in [5.41, 5.74) is -0.253. The van der Waals surface area contributed by atoms with E-state index in [1.54, 1.807) is 0 Å². The monoisotopic (exact) mass is 426 g/mol. The predicted molar refractivity (Wildman–Crippen MR) is 135 cm³/mol. The van der Waals surface area contributed by atoms with E-state index in [0.29, 0.717) is 11.8 Å². The second-order valence-corrected chi connectivity index (χ2v) is 10.0. The number of rotatable bonds is 21. The molecule has 0 aliphatic rings. The lowest BCUT2D eigenvalue weighted by molar-refractivity contribution is -0.126. The minimum Gasteiger partial charge on any atom is -0.287 e. The first-order chi connectivity index (χ1) is 14.0. The Morgan fingerprint density at radius 3 is 1.21 bits per heavy atom. The van der Waals surface area contributed by atoms with Gasteiger partial charge in [0.2, 0.25) is 0 Å². The van der Waals surface area contributed by atoms with Crippen LogP contribution in [0.3, 0.4) is 0 Å². The maximum Gasteiger partial charge on any atom is 0.192 e. The van der Waals surface area contributed by atoms with E-state index in [2.05, 4.69) is 47.2 Å². The fourth-order valence-corrected chi connectivity index (χ4v) is 5.60. The Labute approximate surface area is 190 Å². The first kappa shape index (κ1) is 29.0. The molecular weight excluding hydrogens is 372 g/mol. The van der Waals surface area contributed by atoms with Crippen LogP contribution >= 0.6 is 12.6 Å². The van der Waals surface area contributed by atoms with Crippen LogP contribution in [0.5, 0.6) is 0 Å². The molecule has 0 aromatic carbocycles. The molecule has 0 saturated heterocycles. The van der Waals surface area contributed by atoms with Gasteiger partial charge < -0.3 is 0 Å². The van der Waals surface area contributed by atoms with Crippen molar-refractivity contribution >= 4 is 17.7 Å². The molecule has 0 bridgehead atoms. The number of carbonyl (C=O) groups excluding carboxylic acids is 1. The molecule has 0 spiro atoms. The van der Waals surface area contributed by atoms with Crippen LogP contribution in [0.2, 0.25) is 0 Å². The van der Waals surface area contributed by atoms with Gasteiger partial charge in [-0.2, -0.15) is 0 Å². The van der Waals surface area contributed by atoms with E-state index in [9.17, 15) is 4.79 Å². The van der Waals surface area contributed by atoms with Crippen molar-refractivity contribution in [1.82, 2.24) is 0 Å². The number of carbonyl (C=O) groups is 1. The molecule has 29 heavy (non-hydrogen) atoms. The normalized spacial score (nSPS) is 15.8. The fraction of sp³-hybridized carbons (Fsp3) is 0.963. The Hall–Kier alpha value is 0.0200. The molecule has 0 aliphatic heterocycles. The standard InChI is InChI=1S/C27H54OS/c1-6-10-12-14-16-18-20-22-24(8-3)27(5,26(28)29)25(9-4)23-21-19-17-15-13-11-7-2/h24-25H,6-23H2,1-5H3,(H,28,29). The largest absolute Gasteiger partial charge is 0.287 e. The lowest BCUT2D eigenvalue weighted by Crippen LogP contribution is -2.40. The van der Waals surface area contributed by atoms with Gasteiger partial charge in [-0.25, -0.2) is 0 Å². The third-order valence-corrected chi connectivity index (χ3v) is 7.94. The maximum absolute atomic E-state index is 12.7. The van der Waals surface area contributed by atoms with Gasteiger partial charge in [0.25, 0.3) is 0 Å². The summed E-state index contributed by atoms with van der Waals surface area (Å²) in [7, 11) is 0. The maximum atomic E-state index is 12.7. The van der Waals surface area contributed by atoms with Crippen LogP contribution in [-0.4, -0.2) is 5.12 Å². The Balaban J connectivity index is 4.57. The molecule has 2 heteroatoms. The first-order valence-corrected chi connectivity index (χ1v) is 13.7. The van der Waals surface area contributed by atoms with Crippen molar-refractivity contribution in [2.24, 2.45) is 17.3 Å². The molecule has 0 heterocycles. The summed E-state index contributed by atoms with van der Waals surface area (Å²) in [6.45, 7) is 11.4. The highest BCUT2D eigenvalue weighted by molar-refractivity contribution is 7.96. The highest BCUT2D eigenvalue weighted by Crippen LogP contribution is 2.46. The van der Waals surface area contributed by atoms with Gasteiger partial charge in [0.15, 0.2) is 5.12 Å². The van der Waals surface area contributed by atoms with Crippen molar-refractivity contribution in [3.63, 3.8) is 0 Å². The van der Waals surface area contributed by atoms with E-state index < -0.39 is 0 Å². The molecule has 0 aromatic heterocycles. The third-order valence-electron chi connectivity index (χ3n) is 7.45. The van der Waals surface area contributed by atoms with Crippen LogP contribution in [0, 0.1) is 17.3 Å². The third kappa shape index (κ3) is 11.8. The molecule has 0 fully saturated rings. The van der Waals surface area contributed by atoms with E-state index >= 15 is 0 Å². The van der Waals surface area contributed by atoms with Gasteiger partial charge in [-0.15, -0.1) is 12.6 Å². The molecule has 0 rings (SSSR count). The summed E-state index contributed by atoms with van der Waals surface area (Å²) < 4.78 is 0. The second kappa shape index (κ2) is 18.8. The van der Waals surface area contributed by atoms with Gasteiger partial charge in [0.05, 0.1) is 0 Å². The SMILES string of the molecule is CCCCCCCCCC(CC)C(C)(C(=O)S)C(CC)CCCCCCCCC. The topological polar surface area (TPSA) is 17.1 Å². The number of hydrogen-bond donors (Lipinski definition) is 1. The zero-order valence-electron chi connectivity index (χ0n) is 20.7. The summed E-state index contributed by atoms with van der Waals surface area (Å²) >= 11 is 4.43. The average molecular weight is 427 g/mol. The molecule has 0 amide bonds. The predicted octanol–water partition coefficient (Wildman–Crippen LogP) is 9.78. The average Bonchev–Trinajstić information content (AvgIpc) is 2.71. The van der Waals surface area contributed by atoms with Gasteiger partial charge in [0, 0.05) is 5.41 Å². The molecule has 1 nitrogen and oxygen atoms in total. The van der Waals surface area contributed by atoms with Crippen LogP contribution in [0.4, 0.5) is 0 Å². The summed E-state index contributed by atoms with van der Waals surface area (Å²) in [6.07, 6.45) is 23.4. The van der Waals surface area contributed by atoms with Gasteiger partial charge in [0.1, 0.15) is 0 Å². The zero-order valence-corrected chi connectivity index (χ0v) is 21.6. The van der Waals surface area contributed by atoms with Crippen LogP contribution in [0.25, 0.3) is 0 Å². The smallest absolute Gasteiger partial charge is 0.192 e. The highest BCUT2D eigenvalue weighted by Gasteiger charge is 2.43. The van der Waals surface area contributed by atoms with E-state index in [1.807, 2.05) is 0 Å². The highest BCUT2D eigenvalue weighted by atomic mass is 32.1. The van der Waals surface area contributed by atoms with Crippen molar-refractivity contribution < 1.29 is 4.79 Å². The molecule has 2 atom stereocenters. The summed E-state index contributed by atoms with van der Waals surface area (Å²) in [5, 5.41) is 0.141. The van der Waals surface area contributed by atoms with E-state index in [0.717, 1.165) is 12.8 Å². The zero-order chi connectivity index (χ0) is 22.0. The molecule has 0 saturated carbocycles. The molecule has 0 aromatic rings. The van der Waals surface area contributed by atoms with Crippen molar-refractivity contribution in [3.8, 4) is 0 Å². The number of hydrogen-bond acceptors (Lipinski definition) is 1. The van der Waals surface area contributed by atoms with Crippen LogP contribution in [0.15, 0.2) is 0 Å². The molecule has 0 aliphatic carbocycles. The molecule has 174 valence electrons. The fourth-order valence-electron chi connectivity index (χ4n) is 5.23. The number of unbranched alkanes of at least 4 members (excludes halogenated alkanes) is 12. The van der Waals surface area contributed by atoms with Crippen molar-refractivity contribution in [2.45, 2.75) is 150 Å². The Kier molecular flexibility index (Phi) is 18.8. The van der Waals surface area contributed by atoms with Crippen LogP contribution in [-0.2, 0) is 4.79 Å².